The van der Waals surface area contributed by atoms with Gasteiger partial charge in [-0.1, -0.05) is 0 Å². The molecule has 0 aromatic carbocycles. The first-order valence-corrected chi connectivity index (χ1v) is 3.63. The third-order valence-corrected chi connectivity index (χ3v) is 0.825. The van der Waals surface area contributed by atoms with Crippen LogP contribution in [-0.4, -0.2) is 48.3 Å². The number of nitrogens with one attached hydrogen (secondary N) is 1. The Morgan fingerprint density at radius 1 is 1.00 bits per heavy atom. The van der Waals surface area contributed by atoms with Gasteiger partial charge in [-0.15, -0.1) is 0 Å². The number of hydrogen-bond acceptors (Lipinski definition) is 5. The Balaban J connectivity index is 0. The summed E-state index contributed by atoms with van der Waals surface area (Å²) in [6.07, 6.45) is 0. The van der Waals surface area contributed by atoms with Gasteiger partial charge in [0.1, 0.15) is 0 Å². The molecule has 78 valence electrons. The summed E-state index contributed by atoms with van der Waals surface area (Å²) in [5, 5.41) is 17.8. The van der Waals surface area contributed by atoms with Crippen molar-refractivity contribution in [3.8, 4) is 0 Å². The Labute approximate surface area is 75.7 Å². The highest BCUT2D eigenvalue weighted by Crippen LogP contribution is 1.56. The number of hydrogen-bond donors (Lipinski definition) is 5. The zero-order valence-corrected chi connectivity index (χ0v) is 7.19. The summed E-state index contributed by atoms with van der Waals surface area (Å²) in [5.41, 5.74) is 10.3. The molecule has 0 atom stereocenters. The molecule has 13 heavy (non-hydrogen) atoms. The van der Waals surface area contributed by atoms with E-state index < -0.39 is 11.9 Å². The van der Waals surface area contributed by atoms with Gasteiger partial charge in [0.05, 0.1) is 0 Å². The molecule has 0 aromatic rings. The van der Waals surface area contributed by atoms with E-state index >= 15 is 0 Å². The van der Waals surface area contributed by atoms with Gasteiger partial charge >= 0.3 is 11.9 Å². The maximum Gasteiger partial charge on any atom is 0.414 e. The fourth-order valence-corrected chi connectivity index (χ4v) is 0.329. The molecular weight excluding hydrogens is 178 g/mol. The maximum absolute atomic E-state index is 9.10. The number of carbonyl (C=O) groups is 2. The maximum atomic E-state index is 9.10. The van der Waals surface area contributed by atoms with Crippen molar-refractivity contribution >= 4 is 11.9 Å². The highest BCUT2D eigenvalue weighted by Gasteiger charge is 2.04. The van der Waals surface area contributed by atoms with Gasteiger partial charge in [-0.2, -0.15) is 0 Å². The van der Waals surface area contributed by atoms with Gasteiger partial charge in [0.2, 0.25) is 0 Å². The van der Waals surface area contributed by atoms with Crippen LogP contribution in [0.3, 0.4) is 0 Å². The van der Waals surface area contributed by atoms with Crippen LogP contribution in [0.4, 0.5) is 0 Å². The fraction of sp³-hybridized carbons (Fsp3) is 0.667. The van der Waals surface area contributed by atoms with Crippen molar-refractivity contribution < 1.29 is 19.8 Å². The summed E-state index contributed by atoms with van der Waals surface area (Å²) in [7, 11) is 0. The van der Waals surface area contributed by atoms with E-state index in [-0.39, 0.29) is 0 Å². The van der Waals surface area contributed by atoms with Gasteiger partial charge in [0.15, 0.2) is 0 Å². The lowest BCUT2D eigenvalue weighted by Crippen LogP contribution is -2.27. The molecule has 7 N–H and O–H groups in total. The number of nitrogens with two attached hydrogens (primary N) is 2. The molecule has 0 unspecified atom stereocenters. The highest BCUT2D eigenvalue weighted by molar-refractivity contribution is 6.27. The Kier molecular flexibility index (Phi) is 11.9. The SMILES string of the molecule is NCCNCCN.O=C(O)C(=O)O. The molecule has 0 aromatic heterocycles. The summed E-state index contributed by atoms with van der Waals surface area (Å²) in [4.78, 5) is 18.2. The molecular formula is C6H15N3O4. The molecule has 0 aliphatic carbocycles. The van der Waals surface area contributed by atoms with Crippen LogP contribution in [0.2, 0.25) is 0 Å². The van der Waals surface area contributed by atoms with Crippen molar-refractivity contribution in [2.45, 2.75) is 0 Å². The summed E-state index contributed by atoms with van der Waals surface area (Å²) in [6.45, 7) is 3.13. The van der Waals surface area contributed by atoms with E-state index in [0.717, 1.165) is 13.1 Å². The minimum Gasteiger partial charge on any atom is -0.473 e. The lowest BCUT2D eigenvalue weighted by atomic mass is 10.6. The number of rotatable bonds is 4. The molecule has 0 heterocycles. The Morgan fingerprint density at radius 2 is 1.31 bits per heavy atom. The molecule has 0 saturated heterocycles. The Bertz CT molecular complexity index is 135. The topological polar surface area (TPSA) is 139 Å². The summed E-state index contributed by atoms with van der Waals surface area (Å²) >= 11 is 0. The summed E-state index contributed by atoms with van der Waals surface area (Å²) < 4.78 is 0. The van der Waals surface area contributed by atoms with Crippen LogP contribution in [0.15, 0.2) is 0 Å². The monoisotopic (exact) mass is 193 g/mol. The van der Waals surface area contributed by atoms with Crippen molar-refractivity contribution in [1.82, 2.24) is 5.32 Å². The molecule has 0 amide bonds. The van der Waals surface area contributed by atoms with Gasteiger partial charge in [-0.25, -0.2) is 9.59 Å². The van der Waals surface area contributed by atoms with E-state index in [1.165, 1.54) is 0 Å². The molecule has 0 aliphatic rings. The second kappa shape index (κ2) is 10.8. The number of carboxylic acids is 2. The standard InChI is InChI=1S/C4H13N3.C2H2O4/c5-1-3-7-4-2-6;3-1(4)2(5)6/h7H,1-6H2;(H,3,4)(H,5,6). The average Bonchev–Trinajstić information content (AvgIpc) is 2.06. The number of carboxylic acid groups (broad SMARTS) is 2. The van der Waals surface area contributed by atoms with Gasteiger partial charge < -0.3 is 27.0 Å². The highest BCUT2D eigenvalue weighted by atomic mass is 16.4. The first-order valence-electron chi connectivity index (χ1n) is 3.63. The summed E-state index contributed by atoms with van der Waals surface area (Å²) in [6, 6.07) is 0. The quantitative estimate of drug-likeness (QED) is 0.249. The van der Waals surface area contributed by atoms with Crippen LogP contribution in [0.5, 0.6) is 0 Å². The largest absolute Gasteiger partial charge is 0.473 e. The normalized spacial score (nSPS) is 8.46. The van der Waals surface area contributed by atoms with Crippen molar-refractivity contribution in [1.29, 1.82) is 0 Å². The van der Waals surface area contributed by atoms with Crippen molar-refractivity contribution in [2.75, 3.05) is 26.2 Å². The molecule has 0 rings (SSSR count). The molecule has 0 aliphatic heterocycles. The molecule has 0 fully saturated rings. The minimum atomic E-state index is -1.82. The van der Waals surface area contributed by atoms with E-state index in [1.807, 2.05) is 0 Å². The molecule has 7 nitrogen and oxygen atoms in total. The van der Waals surface area contributed by atoms with Gasteiger partial charge in [-0.05, 0) is 0 Å². The molecule has 0 saturated carbocycles. The third kappa shape index (κ3) is 18.1. The average molecular weight is 193 g/mol. The van der Waals surface area contributed by atoms with Crippen molar-refractivity contribution in [3.05, 3.63) is 0 Å². The van der Waals surface area contributed by atoms with Crippen LogP contribution >= 0.6 is 0 Å². The van der Waals surface area contributed by atoms with Crippen molar-refractivity contribution in [3.63, 3.8) is 0 Å². The third-order valence-electron chi connectivity index (χ3n) is 0.825. The van der Waals surface area contributed by atoms with Crippen LogP contribution in [-0.2, 0) is 9.59 Å². The second-order valence-corrected chi connectivity index (χ2v) is 1.94. The second-order valence-electron chi connectivity index (χ2n) is 1.94. The van der Waals surface area contributed by atoms with Crippen molar-refractivity contribution in [2.24, 2.45) is 11.5 Å². The zero-order valence-electron chi connectivity index (χ0n) is 7.19. The predicted molar refractivity (Wildman–Crippen MR) is 46.3 cm³/mol. The molecule has 7 heteroatoms. The van der Waals surface area contributed by atoms with Crippen LogP contribution in [0, 0.1) is 0 Å². The first-order chi connectivity index (χ1) is 6.06. The predicted octanol–water partition coefficient (Wildman–Crippen LogP) is -2.35. The van der Waals surface area contributed by atoms with E-state index in [0.29, 0.717) is 13.1 Å². The molecule has 0 spiro atoms. The fourth-order valence-electron chi connectivity index (χ4n) is 0.329. The number of aliphatic carboxylic acids is 2. The zero-order chi connectivity index (χ0) is 10.7. The van der Waals surface area contributed by atoms with Crippen LogP contribution < -0.4 is 16.8 Å². The van der Waals surface area contributed by atoms with Crippen LogP contribution in [0.1, 0.15) is 0 Å². The van der Waals surface area contributed by atoms with E-state index in [4.69, 9.17) is 31.3 Å². The van der Waals surface area contributed by atoms with Crippen LogP contribution in [0.25, 0.3) is 0 Å². The van der Waals surface area contributed by atoms with Gasteiger partial charge in [0, 0.05) is 26.2 Å². The van der Waals surface area contributed by atoms with Gasteiger partial charge in [-0.3, -0.25) is 0 Å². The minimum absolute atomic E-state index is 0.694. The molecule has 0 radical (unpaired) electrons. The molecule has 0 bridgehead atoms. The smallest absolute Gasteiger partial charge is 0.414 e. The lowest BCUT2D eigenvalue weighted by molar-refractivity contribution is -0.159. The van der Waals surface area contributed by atoms with E-state index in [1.54, 1.807) is 0 Å². The van der Waals surface area contributed by atoms with E-state index in [2.05, 4.69) is 5.32 Å². The van der Waals surface area contributed by atoms with Gasteiger partial charge in [0.25, 0.3) is 0 Å². The summed E-state index contributed by atoms with van der Waals surface area (Å²) in [5.74, 6) is -3.65. The lowest BCUT2D eigenvalue weighted by Gasteiger charge is -1.95. The first kappa shape index (κ1) is 14.3. The van der Waals surface area contributed by atoms with E-state index in [9.17, 15) is 0 Å². The Hall–Kier alpha value is -1.18. The Morgan fingerprint density at radius 3 is 1.46 bits per heavy atom.